The Morgan fingerprint density at radius 2 is 2.00 bits per heavy atom. The summed E-state index contributed by atoms with van der Waals surface area (Å²) in [7, 11) is 0. The molecule has 0 N–H and O–H groups in total. The molecule has 1 aliphatic rings. The van der Waals surface area contributed by atoms with Gasteiger partial charge in [0.1, 0.15) is 12.4 Å². The first-order valence-corrected chi connectivity index (χ1v) is 4.92. The molecule has 0 atom stereocenters. The van der Waals surface area contributed by atoms with Crippen LogP contribution >= 0.6 is 0 Å². The van der Waals surface area contributed by atoms with Gasteiger partial charge in [-0.2, -0.15) is 17.6 Å². The van der Waals surface area contributed by atoms with Gasteiger partial charge in [-0.05, 0) is 25.0 Å². The van der Waals surface area contributed by atoms with Crippen molar-refractivity contribution in [2.24, 2.45) is 0 Å². The molecule has 1 saturated carbocycles. The highest BCUT2D eigenvalue weighted by molar-refractivity contribution is 5.41. The van der Waals surface area contributed by atoms with E-state index in [4.69, 9.17) is 0 Å². The first-order chi connectivity index (χ1) is 7.46. The second-order valence-electron chi connectivity index (χ2n) is 3.79. The fourth-order valence-corrected chi connectivity index (χ4v) is 1.53. The van der Waals surface area contributed by atoms with Crippen LogP contribution in [0.2, 0.25) is 0 Å². The molecule has 1 aromatic rings. The van der Waals surface area contributed by atoms with Gasteiger partial charge in [-0.3, -0.25) is 0 Å². The maximum absolute atomic E-state index is 12.8. The monoisotopic (exact) mass is 234 g/mol. The van der Waals surface area contributed by atoms with Gasteiger partial charge in [0.05, 0.1) is 0 Å². The largest absolute Gasteiger partial charge is 0.405 e. The van der Waals surface area contributed by atoms with Gasteiger partial charge < -0.3 is 4.90 Å². The van der Waals surface area contributed by atoms with Crippen LogP contribution in [0.3, 0.4) is 0 Å². The summed E-state index contributed by atoms with van der Waals surface area (Å²) in [4.78, 5) is 4.59. The fourth-order valence-electron chi connectivity index (χ4n) is 1.53. The highest BCUT2D eigenvalue weighted by atomic mass is 19.4. The first kappa shape index (κ1) is 11.2. The summed E-state index contributed by atoms with van der Waals surface area (Å²) in [6.07, 6.45) is -2.89. The predicted molar refractivity (Wildman–Crippen MR) is 50.6 cm³/mol. The second-order valence-corrected chi connectivity index (χ2v) is 3.79. The van der Waals surface area contributed by atoms with E-state index in [9.17, 15) is 17.6 Å². The number of aromatic nitrogens is 1. The third-order valence-electron chi connectivity index (χ3n) is 2.33. The van der Waals surface area contributed by atoms with Gasteiger partial charge in [-0.15, -0.1) is 0 Å². The lowest BCUT2D eigenvalue weighted by Gasteiger charge is -2.24. The number of rotatable bonds is 3. The van der Waals surface area contributed by atoms with Crippen molar-refractivity contribution in [3.63, 3.8) is 0 Å². The minimum absolute atomic E-state index is 0.0554. The van der Waals surface area contributed by atoms with Crippen LogP contribution in [-0.4, -0.2) is 23.7 Å². The third kappa shape index (κ3) is 2.84. The summed E-state index contributed by atoms with van der Waals surface area (Å²) in [5, 5.41) is 0. The van der Waals surface area contributed by atoms with Crippen LogP contribution in [0.5, 0.6) is 0 Å². The summed E-state index contributed by atoms with van der Waals surface area (Å²) in [6, 6.07) is 3.72. The van der Waals surface area contributed by atoms with Gasteiger partial charge in [0.15, 0.2) is 0 Å². The van der Waals surface area contributed by atoms with Crippen LogP contribution in [0.4, 0.5) is 23.4 Å². The van der Waals surface area contributed by atoms with E-state index in [-0.39, 0.29) is 11.9 Å². The zero-order valence-corrected chi connectivity index (χ0v) is 8.34. The summed E-state index contributed by atoms with van der Waals surface area (Å²) < 4.78 is 49.8. The molecule has 0 aliphatic heterocycles. The molecule has 1 fully saturated rings. The molecule has 2 rings (SSSR count). The van der Waals surface area contributed by atoms with Crippen LogP contribution in [0.25, 0.3) is 0 Å². The normalized spacial score (nSPS) is 16.2. The topological polar surface area (TPSA) is 16.1 Å². The van der Waals surface area contributed by atoms with E-state index in [1.807, 2.05) is 0 Å². The number of hydrogen-bond donors (Lipinski definition) is 0. The smallest absolute Gasteiger partial charge is 0.344 e. The Morgan fingerprint density at radius 1 is 1.31 bits per heavy atom. The Bertz CT molecular complexity index is 373. The first-order valence-electron chi connectivity index (χ1n) is 4.92. The number of alkyl halides is 3. The molecule has 0 aromatic carbocycles. The van der Waals surface area contributed by atoms with Crippen LogP contribution in [0.1, 0.15) is 12.8 Å². The van der Waals surface area contributed by atoms with Crippen LogP contribution in [0, 0.1) is 5.95 Å². The quantitative estimate of drug-likeness (QED) is 0.590. The summed E-state index contributed by atoms with van der Waals surface area (Å²) >= 11 is 0. The van der Waals surface area contributed by atoms with E-state index in [1.165, 1.54) is 12.1 Å². The minimum atomic E-state index is -4.30. The Kier molecular flexibility index (Phi) is 2.73. The molecule has 16 heavy (non-hydrogen) atoms. The lowest BCUT2D eigenvalue weighted by atomic mass is 10.4. The summed E-state index contributed by atoms with van der Waals surface area (Å²) in [5.74, 6) is -0.704. The minimum Gasteiger partial charge on any atom is -0.344 e. The molecule has 0 unspecified atom stereocenters. The Morgan fingerprint density at radius 3 is 2.50 bits per heavy atom. The molecule has 0 radical (unpaired) electrons. The van der Waals surface area contributed by atoms with E-state index < -0.39 is 18.7 Å². The molecule has 0 spiro atoms. The third-order valence-corrected chi connectivity index (χ3v) is 2.33. The number of nitrogens with zero attached hydrogens (tertiary/aromatic N) is 2. The molecule has 0 bridgehead atoms. The molecular formula is C10H10F4N2. The van der Waals surface area contributed by atoms with Crippen molar-refractivity contribution in [1.82, 2.24) is 4.98 Å². The van der Waals surface area contributed by atoms with Crippen molar-refractivity contribution in [1.29, 1.82) is 0 Å². The molecule has 6 heteroatoms. The molecule has 1 aromatic heterocycles. The van der Waals surface area contributed by atoms with Crippen molar-refractivity contribution in [3.8, 4) is 0 Å². The molecule has 1 aliphatic carbocycles. The van der Waals surface area contributed by atoms with Crippen LogP contribution < -0.4 is 4.90 Å². The number of anilines is 1. The zero-order valence-electron chi connectivity index (χ0n) is 8.34. The van der Waals surface area contributed by atoms with Crippen LogP contribution in [0.15, 0.2) is 18.2 Å². The number of halogens is 4. The number of hydrogen-bond acceptors (Lipinski definition) is 2. The Balaban J connectivity index is 2.19. The average Bonchev–Trinajstić information content (AvgIpc) is 2.96. The lowest BCUT2D eigenvalue weighted by Crippen LogP contribution is -2.36. The highest BCUT2D eigenvalue weighted by Gasteiger charge is 2.38. The van der Waals surface area contributed by atoms with E-state index in [0.29, 0.717) is 12.8 Å². The van der Waals surface area contributed by atoms with E-state index in [0.717, 1.165) is 11.0 Å². The SMILES string of the molecule is Fc1cccc(N(CC(F)(F)F)C2CC2)n1. The Labute approximate surface area is 89.9 Å². The molecule has 0 saturated heterocycles. The summed E-state index contributed by atoms with van der Waals surface area (Å²) in [6.45, 7) is -1.08. The van der Waals surface area contributed by atoms with Gasteiger partial charge in [-0.25, -0.2) is 4.98 Å². The van der Waals surface area contributed by atoms with Crippen molar-refractivity contribution >= 4 is 5.82 Å². The maximum Gasteiger partial charge on any atom is 0.405 e. The summed E-state index contributed by atoms with van der Waals surface area (Å²) in [5.41, 5.74) is 0. The highest BCUT2D eigenvalue weighted by Crippen LogP contribution is 2.33. The van der Waals surface area contributed by atoms with Crippen molar-refractivity contribution in [2.45, 2.75) is 25.1 Å². The van der Waals surface area contributed by atoms with Crippen molar-refractivity contribution in [2.75, 3.05) is 11.4 Å². The van der Waals surface area contributed by atoms with Gasteiger partial charge in [-0.1, -0.05) is 6.07 Å². The molecule has 88 valence electrons. The van der Waals surface area contributed by atoms with Crippen molar-refractivity contribution < 1.29 is 17.6 Å². The molecule has 0 amide bonds. The van der Waals surface area contributed by atoms with E-state index in [2.05, 4.69) is 4.98 Å². The van der Waals surface area contributed by atoms with Gasteiger partial charge >= 0.3 is 6.18 Å². The van der Waals surface area contributed by atoms with E-state index >= 15 is 0 Å². The standard InChI is InChI=1S/C10H10F4N2/c11-8-2-1-3-9(15-8)16(7-4-5-7)6-10(12,13)14/h1-3,7H,4-6H2. The number of pyridine rings is 1. The van der Waals surface area contributed by atoms with Crippen LogP contribution in [-0.2, 0) is 0 Å². The van der Waals surface area contributed by atoms with Gasteiger partial charge in [0, 0.05) is 6.04 Å². The molecular weight excluding hydrogens is 224 g/mol. The Hall–Kier alpha value is -1.33. The van der Waals surface area contributed by atoms with E-state index in [1.54, 1.807) is 0 Å². The fraction of sp³-hybridized carbons (Fsp3) is 0.500. The molecule has 2 nitrogen and oxygen atoms in total. The van der Waals surface area contributed by atoms with Gasteiger partial charge in [0.25, 0.3) is 0 Å². The maximum atomic E-state index is 12.8. The van der Waals surface area contributed by atoms with Crippen molar-refractivity contribution in [3.05, 3.63) is 24.1 Å². The second kappa shape index (κ2) is 3.92. The lowest BCUT2D eigenvalue weighted by molar-refractivity contribution is -0.120. The van der Waals surface area contributed by atoms with Gasteiger partial charge in [0.2, 0.25) is 5.95 Å². The zero-order chi connectivity index (χ0) is 11.8. The average molecular weight is 234 g/mol. The molecule has 1 heterocycles. The predicted octanol–water partition coefficient (Wildman–Crippen LogP) is 2.75.